The molecule has 3 amide bonds. The number of imide groups is 1. The maximum Gasteiger partial charge on any atom is 0.323 e. The molecule has 13 nitrogen and oxygen atoms in total. The maximum absolute atomic E-state index is 13.2. The second kappa shape index (κ2) is 10.5. The van der Waals surface area contributed by atoms with Crippen LogP contribution in [0.2, 0.25) is 0 Å². The van der Waals surface area contributed by atoms with E-state index in [0.717, 1.165) is 28.0 Å². The first-order chi connectivity index (χ1) is 18.9. The van der Waals surface area contributed by atoms with E-state index in [1.54, 1.807) is 24.3 Å². The number of carboxylic acid groups (broad SMARTS) is 1. The van der Waals surface area contributed by atoms with Gasteiger partial charge in [-0.1, -0.05) is 35.2 Å². The zero-order chi connectivity index (χ0) is 28.8. The fourth-order valence-corrected chi connectivity index (χ4v) is 7.62. The number of ether oxygens (including phenoxy) is 1. The van der Waals surface area contributed by atoms with Crippen LogP contribution in [0.1, 0.15) is 16.4 Å². The number of amides is 3. The molecule has 0 radical (unpaired) electrons. The van der Waals surface area contributed by atoms with E-state index in [-0.39, 0.29) is 16.4 Å². The van der Waals surface area contributed by atoms with Crippen molar-refractivity contribution in [3.63, 3.8) is 0 Å². The molecule has 2 aliphatic rings. The van der Waals surface area contributed by atoms with Gasteiger partial charge in [0.15, 0.2) is 6.61 Å². The van der Waals surface area contributed by atoms with Crippen molar-refractivity contribution in [2.24, 2.45) is 11.1 Å². The van der Waals surface area contributed by atoms with Gasteiger partial charge in [-0.25, -0.2) is 13.6 Å². The van der Waals surface area contributed by atoms with Crippen molar-refractivity contribution in [1.82, 2.24) is 9.88 Å². The Morgan fingerprint density at radius 2 is 1.73 bits per heavy atom. The number of hydrogen-bond donors (Lipinski definition) is 4. The number of aromatic nitrogens is 1. The summed E-state index contributed by atoms with van der Waals surface area (Å²) < 4.78 is 28.2. The largest absolute Gasteiger partial charge is 0.484 e. The number of H-pyrrole nitrogens is 1. The molecule has 2 aromatic carbocycles. The monoisotopic (exact) mass is 604 g/mol. The van der Waals surface area contributed by atoms with Gasteiger partial charge in [0.2, 0.25) is 21.8 Å². The summed E-state index contributed by atoms with van der Waals surface area (Å²) in [5.74, 6) is -4.28. The highest BCUT2D eigenvalue weighted by molar-refractivity contribution is 8.00. The third-order valence-electron chi connectivity index (χ3n) is 6.28. The molecule has 1 aromatic heterocycles. The summed E-state index contributed by atoms with van der Waals surface area (Å²) in [7, 11) is -3.86. The molecule has 5 rings (SSSR count). The zero-order valence-electron chi connectivity index (χ0n) is 20.2. The second-order valence-electron chi connectivity index (χ2n) is 8.88. The number of aliphatic carboxylic acids is 1. The molecule has 40 heavy (non-hydrogen) atoms. The van der Waals surface area contributed by atoms with Gasteiger partial charge in [0.25, 0.3) is 5.91 Å². The fraction of sp³-hybridized carbons (Fsp3) is 0.208. The molecule has 16 heteroatoms. The lowest BCUT2D eigenvalue weighted by atomic mass is 9.83. The summed E-state index contributed by atoms with van der Waals surface area (Å²) in [6.07, 6.45) is 0. The molecular weight excluding hydrogens is 584 g/mol. The van der Waals surface area contributed by atoms with E-state index in [0.29, 0.717) is 26.9 Å². The summed E-state index contributed by atoms with van der Waals surface area (Å²) in [6.45, 7) is -1.10. The van der Waals surface area contributed by atoms with Crippen LogP contribution in [0.25, 0.3) is 0 Å². The summed E-state index contributed by atoms with van der Waals surface area (Å²) in [5, 5.41) is 16.4. The molecule has 1 fully saturated rings. The number of thioether (sulfide) groups is 1. The molecule has 208 valence electrons. The minimum atomic E-state index is -3.86. The Morgan fingerprint density at radius 1 is 1.05 bits per heavy atom. The molecule has 0 spiro atoms. The number of nitrogens with one attached hydrogen (secondary N) is 2. The van der Waals surface area contributed by atoms with E-state index in [4.69, 9.17) is 9.88 Å². The molecule has 0 aliphatic carbocycles. The quantitative estimate of drug-likeness (QED) is 0.266. The molecule has 1 saturated heterocycles. The van der Waals surface area contributed by atoms with Gasteiger partial charge >= 0.3 is 10.8 Å². The van der Waals surface area contributed by atoms with Crippen molar-refractivity contribution in [2.45, 2.75) is 21.1 Å². The number of benzene rings is 2. The van der Waals surface area contributed by atoms with Crippen LogP contribution in [0, 0.1) is 5.92 Å². The molecule has 3 aromatic rings. The standard InChI is InChI=1S/C24H20N4O9S3/c25-40(35,36)14-7-3-12(4-8-14)26-15(29)10-37-13-5-1-11(2-6-13)17-18-20(38-21-19(17)39-24(34)27-21)23(33)28(22(18)32)9-16(30)31/h1-8,17-18,20H,9-10H2,(H,26,29)(H,27,34)(H,30,31)(H2,25,35,36)/t17-,18+,20-/m0/s1. The molecular formula is C24H20N4O9S3. The maximum atomic E-state index is 13.2. The van der Waals surface area contributed by atoms with Crippen LogP contribution in [-0.2, 0) is 29.2 Å². The summed E-state index contributed by atoms with van der Waals surface area (Å²) in [4.78, 5) is 65.3. The third-order valence-corrected chi connectivity index (χ3v) is 9.61. The number of carbonyl (C=O) groups excluding carboxylic acids is 3. The van der Waals surface area contributed by atoms with E-state index >= 15 is 0 Å². The number of sulfonamides is 1. The molecule has 0 unspecified atom stereocenters. The number of fused-ring (bicyclic) bond motifs is 2. The Morgan fingerprint density at radius 3 is 2.35 bits per heavy atom. The number of carbonyl (C=O) groups is 4. The van der Waals surface area contributed by atoms with Crippen LogP contribution >= 0.6 is 23.1 Å². The number of nitrogens with zero attached hydrogens (tertiary/aromatic N) is 1. The number of carboxylic acids is 1. The predicted molar refractivity (Wildman–Crippen MR) is 143 cm³/mol. The Kier molecular flexibility index (Phi) is 7.26. The molecule has 5 N–H and O–H groups in total. The Labute approximate surface area is 234 Å². The van der Waals surface area contributed by atoms with Gasteiger partial charge in [-0.3, -0.25) is 28.9 Å². The number of hydrogen-bond acceptors (Lipinski definition) is 10. The average Bonchev–Trinajstić information content (AvgIpc) is 3.38. The van der Waals surface area contributed by atoms with Crippen LogP contribution in [0.15, 0.2) is 63.2 Å². The van der Waals surface area contributed by atoms with Crippen LogP contribution in [0.4, 0.5) is 5.69 Å². The first kappa shape index (κ1) is 27.6. The fourth-order valence-electron chi connectivity index (χ4n) is 4.57. The molecule has 0 bridgehead atoms. The van der Waals surface area contributed by atoms with Crippen molar-refractivity contribution < 1.29 is 37.4 Å². The molecule has 2 aliphatic heterocycles. The third kappa shape index (κ3) is 5.38. The Bertz CT molecular complexity index is 1680. The topological polar surface area (TPSA) is 206 Å². The number of thiazole rings is 1. The lowest BCUT2D eigenvalue weighted by Gasteiger charge is -2.29. The predicted octanol–water partition coefficient (Wildman–Crippen LogP) is 0.777. The molecule has 3 heterocycles. The summed E-state index contributed by atoms with van der Waals surface area (Å²) >= 11 is 1.98. The molecule has 0 saturated carbocycles. The molecule has 3 atom stereocenters. The lowest BCUT2D eigenvalue weighted by Crippen LogP contribution is -2.36. The summed E-state index contributed by atoms with van der Waals surface area (Å²) in [5.41, 5.74) is 0.951. The second-order valence-corrected chi connectivity index (χ2v) is 12.6. The minimum Gasteiger partial charge on any atom is -0.484 e. The van der Waals surface area contributed by atoms with Gasteiger partial charge in [0, 0.05) is 16.5 Å². The number of aromatic amines is 1. The summed E-state index contributed by atoms with van der Waals surface area (Å²) in [6, 6.07) is 11.8. The van der Waals surface area contributed by atoms with E-state index in [2.05, 4.69) is 10.3 Å². The van der Waals surface area contributed by atoms with Crippen molar-refractivity contribution in [3.05, 3.63) is 68.6 Å². The van der Waals surface area contributed by atoms with Crippen molar-refractivity contribution in [1.29, 1.82) is 0 Å². The van der Waals surface area contributed by atoms with Gasteiger partial charge in [0.1, 0.15) is 17.5 Å². The highest BCUT2D eigenvalue weighted by atomic mass is 32.2. The zero-order valence-corrected chi connectivity index (χ0v) is 22.7. The van der Waals surface area contributed by atoms with E-state index in [1.807, 2.05) is 0 Å². The van der Waals surface area contributed by atoms with Crippen molar-refractivity contribution >= 4 is 62.5 Å². The first-order valence-corrected chi connectivity index (χ1v) is 14.8. The van der Waals surface area contributed by atoms with Gasteiger partial charge in [-0.05, 0) is 42.0 Å². The van der Waals surface area contributed by atoms with E-state index in [9.17, 15) is 37.5 Å². The number of nitrogens with two attached hydrogens (primary N) is 1. The average molecular weight is 605 g/mol. The number of rotatable bonds is 8. The number of anilines is 1. The van der Waals surface area contributed by atoms with Gasteiger partial charge in [0.05, 0.1) is 15.8 Å². The van der Waals surface area contributed by atoms with Crippen LogP contribution in [-0.4, -0.2) is 65.5 Å². The van der Waals surface area contributed by atoms with Crippen molar-refractivity contribution in [3.8, 4) is 5.75 Å². The van der Waals surface area contributed by atoms with E-state index < -0.39 is 57.3 Å². The number of likely N-dealkylation sites (tertiary alicyclic amines) is 1. The highest BCUT2D eigenvalue weighted by Crippen LogP contribution is 2.52. The van der Waals surface area contributed by atoms with Gasteiger partial charge in [-0.2, -0.15) is 0 Å². The lowest BCUT2D eigenvalue weighted by molar-refractivity contribution is -0.149. The SMILES string of the molecule is NS(=O)(=O)c1ccc(NC(=O)COc2ccc([C@@H]3c4sc(=O)[nH]c4S[C@@H]4C(=O)N(CC(=O)O)C(=O)[C@H]34)cc2)cc1. The first-order valence-electron chi connectivity index (χ1n) is 11.5. The van der Waals surface area contributed by atoms with E-state index in [1.165, 1.54) is 24.3 Å². The normalized spacial score (nSPS) is 20.1. The van der Waals surface area contributed by atoms with Crippen molar-refractivity contribution in [2.75, 3.05) is 18.5 Å². The number of primary sulfonamides is 1. The highest BCUT2D eigenvalue weighted by Gasteiger charge is 2.56. The van der Waals surface area contributed by atoms with Crippen LogP contribution in [0.3, 0.4) is 0 Å². The minimum absolute atomic E-state index is 0.0954. The Hall–Kier alpha value is -3.99. The smallest absolute Gasteiger partial charge is 0.323 e. The Balaban J connectivity index is 1.31. The van der Waals surface area contributed by atoms with Gasteiger partial charge in [-0.15, -0.1) is 0 Å². The van der Waals surface area contributed by atoms with Gasteiger partial charge < -0.3 is 20.1 Å². The van der Waals surface area contributed by atoms with Crippen LogP contribution in [0.5, 0.6) is 5.75 Å². The van der Waals surface area contributed by atoms with Crippen LogP contribution < -0.4 is 20.1 Å².